The molecule has 0 radical (unpaired) electrons. The number of hydrazone groups is 1. The molecule has 0 aliphatic heterocycles. The van der Waals surface area contributed by atoms with E-state index < -0.39 is 32.9 Å². The number of nitro benzene ring substituents is 2. The van der Waals surface area contributed by atoms with E-state index in [4.69, 9.17) is 0 Å². The van der Waals surface area contributed by atoms with Crippen LogP contribution in [0.2, 0.25) is 0 Å². The van der Waals surface area contributed by atoms with E-state index in [1.54, 1.807) is 30.3 Å². The second-order valence-electron chi connectivity index (χ2n) is 4.87. The third-order valence-corrected chi connectivity index (χ3v) is 3.11. The lowest BCUT2D eigenvalue weighted by atomic mass is 10.1. The second kappa shape index (κ2) is 7.64. The summed E-state index contributed by atoms with van der Waals surface area (Å²) in [5.41, 5.74) is 1.27. The van der Waals surface area contributed by atoms with Crippen LogP contribution in [0, 0.1) is 20.2 Å². The molecule has 0 saturated carbocycles. The van der Waals surface area contributed by atoms with Crippen molar-refractivity contribution in [3.8, 4) is 5.75 Å². The third-order valence-electron chi connectivity index (χ3n) is 3.11. The average Bonchev–Trinajstić information content (AvgIpc) is 2.56. The Morgan fingerprint density at radius 3 is 2.44 bits per heavy atom. The zero-order chi connectivity index (χ0) is 18.4. The van der Waals surface area contributed by atoms with Crippen LogP contribution in [0.5, 0.6) is 5.75 Å². The number of carbonyl (C=O) groups excluding carboxylic acids is 1. The second-order valence-corrected chi connectivity index (χ2v) is 4.87. The number of carbonyl (C=O) groups is 1. The Kier molecular flexibility index (Phi) is 5.36. The molecule has 2 N–H and O–H groups in total. The zero-order valence-corrected chi connectivity index (χ0v) is 12.7. The van der Waals surface area contributed by atoms with E-state index in [1.165, 1.54) is 0 Å². The summed E-state index contributed by atoms with van der Waals surface area (Å²) < 4.78 is 0. The number of non-ortho nitro benzene ring substituents is 1. The highest BCUT2D eigenvalue weighted by molar-refractivity contribution is 5.88. The number of hydrogen-bond donors (Lipinski definition) is 2. The van der Waals surface area contributed by atoms with Crippen molar-refractivity contribution in [1.29, 1.82) is 0 Å². The van der Waals surface area contributed by atoms with Gasteiger partial charge in [0.2, 0.25) is 11.7 Å². The summed E-state index contributed by atoms with van der Waals surface area (Å²) in [6.45, 7) is 0. The van der Waals surface area contributed by atoms with Gasteiger partial charge in [0.25, 0.3) is 5.69 Å². The molecule has 25 heavy (non-hydrogen) atoms. The highest BCUT2D eigenvalue weighted by Crippen LogP contribution is 2.33. The van der Waals surface area contributed by atoms with Gasteiger partial charge in [0.05, 0.1) is 34.1 Å². The van der Waals surface area contributed by atoms with E-state index in [-0.39, 0.29) is 12.0 Å². The van der Waals surface area contributed by atoms with Crippen LogP contribution >= 0.6 is 0 Å². The first-order valence-electron chi connectivity index (χ1n) is 6.90. The van der Waals surface area contributed by atoms with Crippen LogP contribution in [0.1, 0.15) is 11.1 Å². The van der Waals surface area contributed by atoms with Crippen molar-refractivity contribution >= 4 is 23.5 Å². The number of phenolic OH excluding ortho intramolecular Hbond substituents is 1. The van der Waals surface area contributed by atoms with Gasteiger partial charge in [-0.05, 0) is 5.56 Å². The lowest BCUT2D eigenvalue weighted by molar-refractivity contribution is -0.394. The number of nitrogens with zero attached hydrogens (tertiary/aromatic N) is 3. The summed E-state index contributed by atoms with van der Waals surface area (Å²) >= 11 is 0. The molecule has 0 spiro atoms. The van der Waals surface area contributed by atoms with Crippen molar-refractivity contribution in [3.05, 3.63) is 73.8 Å². The predicted molar refractivity (Wildman–Crippen MR) is 87.3 cm³/mol. The molecular weight excluding hydrogens is 332 g/mol. The number of rotatable bonds is 6. The molecule has 0 unspecified atom stereocenters. The Labute approximate surface area is 140 Å². The summed E-state index contributed by atoms with van der Waals surface area (Å²) in [4.78, 5) is 31.6. The van der Waals surface area contributed by atoms with Crippen LogP contribution in [0.25, 0.3) is 0 Å². The van der Waals surface area contributed by atoms with Crippen LogP contribution in [-0.2, 0) is 11.2 Å². The SMILES string of the molecule is O=C(Cc1ccccc1)N/N=C\c1cc([N+](=O)[O-])cc([N+](=O)[O-])c1O. The number of aromatic hydroxyl groups is 1. The van der Waals surface area contributed by atoms with Crippen LogP contribution < -0.4 is 5.43 Å². The van der Waals surface area contributed by atoms with Gasteiger partial charge in [0, 0.05) is 6.07 Å². The topological polar surface area (TPSA) is 148 Å². The van der Waals surface area contributed by atoms with Crippen molar-refractivity contribution in [2.45, 2.75) is 6.42 Å². The molecule has 2 rings (SSSR count). The fourth-order valence-corrected chi connectivity index (χ4v) is 1.96. The molecule has 0 atom stereocenters. The van der Waals surface area contributed by atoms with E-state index >= 15 is 0 Å². The fourth-order valence-electron chi connectivity index (χ4n) is 1.96. The average molecular weight is 344 g/mol. The Hall–Kier alpha value is -3.82. The first-order valence-corrected chi connectivity index (χ1v) is 6.90. The summed E-state index contributed by atoms with van der Waals surface area (Å²) in [7, 11) is 0. The minimum absolute atomic E-state index is 0.0548. The normalized spacial score (nSPS) is 10.6. The number of amides is 1. The summed E-state index contributed by atoms with van der Waals surface area (Å²) in [5.74, 6) is -1.24. The standard InChI is InChI=1S/C15H12N4O6/c20-14(6-10-4-2-1-3-5-10)17-16-9-11-7-12(18(22)23)8-13(15(11)21)19(24)25/h1-5,7-9,21H,6H2,(H,17,20)/b16-9-. The van der Waals surface area contributed by atoms with Gasteiger partial charge in [-0.25, -0.2) is 5.43 Å². The molecule has 0 aliphatic carbocycles. The van der Waals surface area contributed by atoms with Crippen molar-refractivity contribution in [1.82, 2.24) is 5.43 Å². The molecule has 0 heterocycles. The van der Waals surface area contributed by atoms with Crippen LogP contribution in [-0.4, -0.2) is 27.1 Å². The van der Waals surface area contributed by atoms with Crippen LogP contribution in [0.3, 0.4) is 0 Å². The van der Waals surface area contributed by atoms with Crippen molar-refractivity contribution in [3.63, 3.8) is 0 Å². The van der Waals surface area contributed by atoms with Gasteiger partial charge in [0.1, 0.15) is 0 Å². The first-order chi connectivity index (χ1) is 11.9. The van der Waals surface area contributed by atoms with Gasteiger partial charge < -0.3 is 5.11 Å². The molecule has 0 aliphatic rings. The monoisotopic (exact) mass is 344 g/mol. The molecule has 2 aromatic rings. The summed E-state index contributed by atoms with van der Waals surface area (Å²) in [6.07, 6.45) is 0.956. The largest absolute Gasteiger partial charge is 0.502 e. The summed E-state index contributed by atoms with van der Waals surface area (Å²) in [5, 5.41) is 35.0. The van der Waals surface area contributed by atoms with Gasteiger partial charge in [-0.2, -0.15) is 5.10 Å². The van der Waals surface area contributed by atoms with Crippen molar-refractivity contribution in [2.24, 2.45) is 5.10 Å². The molecule has 10 nitrogen and oxygen atoms in total. The maximum atomic E-state index is 11.7. The van der Waals surface area contributed by atoms with Crippen molar-refractivity contribution in [2.75, 3.05) is 0 Å². The molecule has 1 amide bonds. The molecule has 128 valence electrons. The molecule has 0 aromatic heterocycles. The van der Waals surface area contributed by atoms with Gasteiger partial charge >= 0.3 is 5.69 Å². The lowest BCUT2D eigenvalue weighted by Gasteiger charge is -2.02. The maximum Gasteiger partial charge on any atom is 0.318 e. The van der Waals surface area contributed by atoms with E-state index in [9.17, 15) is 30.1 Å². The number of benzene rings is 2. The van der Waals surface area contributed by atoms with Crippen LogP contribution in [0.4, 0.5) is 11.4 Å². The number of hydrogen-bond acceptors (Lipinski definition) is 7. The highest BCUT2D eigenvalue weighted by atomic mass is 16.6. The van der Waals surface area contributed by atoms with E-state index in [2.05, 4.69) is 10.5 Å². The maximum absolute atomic E-state index is 11.7. The first kappa shape index (κ1) is 17.5. The number of nitro groups is 2. The zero-order valence-electron chi connectivity index (χ0n) is 12.7. The quantitative estimate of drug-likeness (QED) is 0.464. The Morgan fingerprint density at radius 2 is 1.84 bits per heavy atom. The molecular formula is C15H12N4O6. The smallest absolute Gasteiger partial charge is 0.318 e. The minimum atomic E-state index is -0.951. The molecule has 0 bridgehead atoms. The van der Waals surface area contributed by atoms with Gasteiger partial charge in [-0.3, -0.25) is 25.0 Å². The molecule has 0 saturated heterocycles. The Balaban J connectivity index is 2.15. The predicted octanol–water partition coefficient (Wildman–Crippen LogP) is 1.90. The molecule has 2 aromatic carbocycles. The Bertz CT molecular complexity index is 851. The van der Waals surface area contributed by atoms with E-state index in [0.29, 0.717) is 6.07 Å². The van der Waals surface area contributed by atoms with Crippen molar-refractivity contribution < 1.29 is 19.7 Å². The fraction of sp³-hybridized carbons (Fsp3) is 0.0667. The molecule has 0 fully saturated rings. The summed E-state index contributed by atoms with van der Waals surface area (Å²) in [6, 6.07) is 10.4. The minimum Gasteiger partial charge on any atom is -0.502 e. The van der Waals surface area contributed by atoms with E-state index in [1.807, 2.05) is 0 Å². The lowest BCUT2D eigenvalue weighted by Crippen LogP contribution is -2.19. The highest BCUT2D eigenvalue weighted by Gasteiger charge is 2.23. The van der Waals surface area contributed by atoms with Gasteiger partial charge in [-0.1, -0.05) is 30.3 Å². The van der Waals surface area contributed by atoms with Gasteiger partial charge in [-0.15, -0.1) is 0 Å². The number of nitrogens with one attached hydrogen (secondary N) is 1. The molecule has 10 heteroatoms. The number of phenols is 1. The third kappa shape index (κ3) is 4.58. The van der Waals surface area contributed by atoms with E-state index in [0.717, 1.165) is 17.8 Å². The Morgan fingerprint density at radius 1 is 1.16 bits per heavy atom. The van der Waals surface area contributed by atoms with Gasteiger partial charge in [0.15, 0.2) is 0 Å². The van der Waals surface area contributed by atoms with Crippen LogP contribution in [0.15, 0.2) is 47.6 Å².